The number of ether oxygens (including phenoxy) is 2. The average Bonchev–Trinajstić information content (AvgIpc) is 2.44. The molecule has 0 aliphatic carbocycles. The molecule has 0 saturated heterocycles. The first-order chi connectivity index (χ1) is 9.80. The van der Waals surface area contributed by atoms with Gasteiger partial charge >= 0.3 is 6.18 Å². The predicted molar refractivity (Wildman–Crippen MR) is 70.6 cm³/mol. The SMILES string of the molecule is COc1cc(OC)cc(C(=O)N(CCN)CC(F)(F)F)c1. The second-order valence-corrected chi connectivity index (χ2v) is 4.23. The Labute approximate surface area is 120 Å². The molecule has 1 aromatic carbocycles. The summed E-state index contributed by atoms with van der Waals surface area (Å²) in [7, 11) is 2.77. The molecule has 0 saturated carbocycles. The molecule has 0 fully saturated rings. The highest BCUT2D eigenvalue weighted by Crippen LogP contribution is 2.24. The van der Waals surface area contributed by atoms with Crippen LogP contribution in [-0.2, 0) is 0 Å². The van der Waals surface area contributed by atoms with E-state index < -0.39 is 18.6 Å². The van der Waals surface area contributed by atoms with Gasteiger partial charge in [0, 0.05) is 24.7 Å². The molecule has 21 heavy (non-hydrogen) atoms. The first kappa shape index (κ1) is 17.1. The molecule has 118 valence electrons. The maximum absolute atomic E-state index is 12.5. The van der Waals surface area contributed by atoms with Crippen LogP contribution in [0.1, 0.15) is 10.4 Å². The summed E-state index contributed by atoms with van der Waals surface area (Å²) < 4.78 is 47.5. The second kappa shape index (κ2) is 7.16. The average molecular weight is 306 g/mol. The van der Waals surface area contributed by atoms with Crippen molar-refractivity contribution in [3.8, 4) is 11.5 Å². The molecule has 0 atom stereocenters. The summed E-state index contributed by atoms with van der Waals surface area (Å²) >= 11 is 0. The molecule has 0 radical (unpaired) electrons. The van der Waals surface area contributed by atoms with E-state index in [1.54, 1.807) is 0 Å². The number of hydrogen-bond acceptors (Lipinski definition) is 4. The number of nitrogens with two attached hydrogens (primary N) is 1. The van der Waals surface area contributed by atoms with Crippen molar-refractivity contribution in [1.29, 1.82) is 0 Å². The monoisotopic (exact) mass is 306 g/mol. The zero-order valence-electron chi connectivity index (χ0n) is 11.7. The lowest BCUT2D eigenvalue weighted by molar-refractivity contribution is -0.140. The number of carbonyl (C=O) groups is 1. The van der Waals surface area contributed by atoms with Gasteiger partial charge in [-0.05, 0) is 12.1 Å². The Morgan fingerprint density at radius 3 is 2.10 bits per heavy atom. The van der Waals surface area contributed by atoms with Gasteiger partial charge < -0.3 is 20.1 Å². The van der Waals surface area contributed by atoms with Gasteiger partial charge in [-0.3, -0.25) is 4.79 Å². The van der Waals surface area contributed by atoms with Gasteiger partial charge in [0.25, 0.3) is 5.91 Å². The summed E-state index contributed by atoms with van der Waals surface area (Å²) in [6.45, 7) is -1.62. The highest BCUT2D eigenvalue weighted by Gasteiger charge is 2.33. The molecule has 1 aromatic rings. The lowest BCUT2D eigenvalue weighted by atomic mass is 10.1. The summed E-state index contributed by atoms with van der Waals surface area (Å²) in [5.74, 6) is -0.148. The summed E-state index contributed by atoms with van der Waals surface area (Å²) in [6.07, 6.45) is -4.49. The van der Waals surface area contributed by atoms with Crippen molar-refractivity contribution in [2.45, 2.75) is 6.18 Å². The van der Waals surface area contributed by atoms with Crippen molar-refractivity contribution in [3.05, 3.63) is 23.8 Å². The van der Waals surface area contributed by atoms with E-state index in [1.807, 2.05) is 0 Å². The van der Waals surface area contributed by atoms with Gasteiger partial charge in [0.15, 0.2) is 0 Å². The van der Waals surface area contributed by atoms with Crippen LogP contribution in [0.2, 0.25) is 0 Å². The molecule has 0 bridgehead atoms. The van der Waals surface area contributed by atoms with E-state index in [0.29, 0.717) is 16.4 Å². The fraction of sp³-hybridized carbons (Fsp3) is 0.462. The number of methoxy groups -OCH3 is 2. The van der Waals surface area contributed by atoms with E-state index in [4.69, 9.17) is 15.2 Å². The van der Waals surface area contributed by atoms with Gasteiger partial charge in [0.05, 0.1) is 14.2 Å². The van der Waals surface area contributed by atoms with Gasteiger partial charge in [-0.1, -0.05) is 0 Å². The molecular weight excluding hydrogens is 289 g/mol. The number of halogens is 3. The molecule has 8 heteroatoms. The number of carbonyl (C=O) groups excluding carboxylic acids is 1. The molecule has 0 aliphatic rings. The third kappa shape index (κ3) is 5.14. The Kier molecular flexibility index (Phi) is 5.83. The van der Waals surface area contributed by atoms with E-state index >= 15 is 0 Å². The van der Waals surface area contributed by atoms with Gasteiger partial charge in [-0.15, -0.1) is 0 Å². The number of amides is 1. The Bertz CT molecular complexity index is 470. The third-order valence-electron chi connectivity index (χ3n) is 2.65. The molecule has 0 aromatic heterocycles. The van der Waals surface area contributed by atoms with Crippen LogP contribution in [0, 0.1) is 0 Å². The van der Waals surface area contributed by atoms with Gasteiger partial charge in [-0.2, -0.15) is 13.2 Å². The third-order valence-corrected chi connectivity index (χ3v) is 2.65. The van der Waals surface area contributed by atoms with Crippen molar-refractivity contribution in [3.63, 3.8) is 0 Å². The number of rotatable bonds is 6. The van der Waals surface area contributed by atoms with Crippen LogP contribution in [0.3, 0.4) is 0 Å². The minimum atomic E-state index is -4.49. The first-order valence-electron chi connectivity index (χ1n) is 6.10. The largest absolute Gasteiger partial charge is 0.497 e. The van der Waals surface area contributed by atoms with E-state index in [2.05, 4.69) is 0 Å². The summed E-state index contributed by atoms with van der Waals surface area (Å²) in [5.41, 5.74) is 5.31. The molecule has 2 N–H and O–H groups in total. The first-order valence-corrected chi connectivity index (χ1v) is 6.10. The normalized spacial score (nSPS) is 11.1. The van der Waals surface area contributed by atoms with E-state index in [-0.39, 0.29) is 18.7 Å². The van der Waals surface area contributed by atoms with Crippen molar-refractivity contribution < 1.29 is 27.4 Å². The Morgan fingerprint density at radius 1 is 1.19 bits per heavy atom. The van der Waals surface area contributed by atoms with Crippen LogP contribution in [-0.4, -0.2) is 50.8 Å². The second-order valence-electron chi connectivity index (χ2n) is 4.23. The highest BCUT2D eigenvalue weighted by molar-refractivity contribution is 5.95. The molecule has 0 aliphatic heterocycles. The lowest BCUT2D eigenvalue weighted by Gasteiger charge is -2.23. The minimum absolute atomic E-state index is 0.0453. The zero-order chi connectivity index (χ0) is 16.0. The topological polar surface area (TPSA) is 64.8 Å². The molecular formula is C13H17F3N2O3. The summed E-state index contributed by atoms with van der Waals surface area (Å²) in [6, 6.07) is 4.23. The van der Waals surface area contributed by atoms with Crippen LogP contribution >= 0.6 is 0 Å². The molecule has 0 unspecified atom stereocenters. The lowest BCUT2D eigenvalue weighted by Crippen LogP contribution is -2.41. The maximum Gasteiger partial charge on any atom is 0.406 e. The standard InChI is InChI=1S/C13H17F3N2O3/c1-20-10-5-9(6-11(7-10)21-2)12(19)18(4-3-17)8-13(14,15)16/h5-7H,3-4,8,17H2,1-2H3. The summed E-state index contributed by atoms with van der Waals surface area (Å²) in [5, 5.41) is 0. The quantitative estimate of drug-likeness (QED) is 0.868. The van der Waals surface area contributed by atoms with Crippen LogP contribution in [0.15, 0.2) is 18.2 Å². The predicted octanol–water partition coefficient (Wildman–Crippen LogP) is 1.67. The highest BCUT2D eigenvalue weighted by atomic mass is 19.4. The van der Waals surface area contributed by atoms with E-state index in [1.165, 1.54) is 32.4 Å². The zero-order valence-corrected chi connectivity index (χ0v) is 11.7. The van der Waals surface area contributed by atoms with Crippen LogP contribution in [0.4, 0.5) is 13.2 Å². The van der Waals surface area contributed by atoms with Crippen molar-refractivity contribution >= 4 is 5.91 Å². The van der Waals surface area contributed by atoms with E-state index in [9.17, 15) is 18.0 Å². The molecule has 0 heterocycles. The van der Waals surface area contributed by atoms with Gasteiger partial charge in [0.2, 0.25) is 0 Å². The van der Waals surface area contributed by atoms with Crippen LogP contribution < -0.4 is 15.2 Å². The van der Waals surface area contributed by atoms with Crippen molar-refractivity contribution in [2.24, 2.45) is 5.73 Å². The molecule has 1 rings (SSSR count). The molecule has 1 amide bonds. The smallest absolute Gasteiger partial charge is 0.406 e. The Balaban J connectivity index is 3.07. The van der Waals surface area contributed by atoms with Crippen molar-refractivity contribution in [2.75, 3.05) is 33.9 Å². The number of hydrogen-bond donors (Lipinski definition) is 1. The Hall–Kier alpha value is -1.96. The van der Waals surface area contributed by atoms with Crippen LogP contribution in [0.5, 0.6) is 11.5 Å². The van der Waals surface area contributed by atoms with Gasteiger partial charge in [0.1, 0.15) is 18.0 Å². The number of alkyl halides is 3. The maximum atomic E-state index is 12.5. The fourth-order valence-corrected chi connectivity index (χ4v) is 1.74. The fourth-order valence-electron chi connectivity index (χ4n) is 1.74. The Morgan fingerprint density at radius 2 is 1.71 bits per heavy atom. The summed E-state index contributed by atoms with van der Waals surface area (Å²) in [4.78, 5) is 12.9. The van der Waals surface area contributed by atoms with Gasteiger partial charge in [-0.25, -0.2) is 0 Å². The number of nitrogens with zero attached hydrogens (tertiary/aromatic N) is 1. The minimum Gasteiger partial charge on any atom is -0.497 e. The van der Waals surface area contributed by atoms with Crippen LogP contribution in [0.25, 0.3) is 0 Å². The molecule has 5 nitrogen and oxygen atoms in total. The number of benzene rings is 1. The van der Waals surface area contributed by atoms with Crippen molar-refractivity contribution in [1.82, 2.24) is 4.90 Å². The van der Waals surface area contributed by atoms with E-state index in [0.717, 1.165) is 0 Å². The molecule has 0 spiro atoms.